The Bertz CT molecular complexity index is 750. The molecule has 2 heterocycles. The van der Waals surface area contributed by atoms with Gasteiger partial charge in [0.25, 0.3) is 0 Å². The lowest BCUT2D eigenvalue weighted by molar-refractivity contribution is -0.135. The summed E-state index contributed by atoms with van der Waals surface area (Å²) in [4.78, 5) is 17.2. The van der Waals surface area contributed by atoms with Gasteiger partial charge in [-0.2, -0.15) is 0 Å². The van der Waals surface area contributed by atoms with E-state index < -0.39 is 13.1 Å². The third kappa shape index (κ3) is 3.58. The van der Waals surface area contributed by atoms with Gasteiger partial charge in [-0.25, -0.2) is 4.79 Å². The van der Waals surface area contributed by atoms with Crippen LogP contribution in [0.25, 0.3) is 0 Å². The normalized spacial score (nSPS) is 29.8. The molecule has 0 N–H and O–H groups in total. The van der Waals surface area contributed by atoms with Crippen LogP contribution in [0.1, 0.15) is 66.1 Å². The van der Waals surface area contributed by atoms with E-state index in [0.717, 1.165) is 17.4 Å². The molecule has 1 fully saturated rings. The number of carbonyl (C=O) groups excluding carboxylic acids is 1. The minimum atomic E-state index is -0.416. The number of benzene rings is 1. The molecular weight excluding hydrogens is 357 g/mol. The van der Waals surface area contributed by atoms with Crippen molar-refractivity contribution < 1.29 is 23.7 Å². The summed E-state index contributed by atoms with van der Waals surface area (Å²) >= 11 is 0. The van der Waals surface area contributed by atoms with E-state index in [1.165, 1.54) is 0 Å². The van der Waals surface area contributed by atoms with Crippen LogP contribution in [0.2, 0.25) is 0 Å². The second-order valence-corrected chi connectivity index (χ2v) is 8.14. The number of oxime groups is 1. The lowest BCUT2D eigenvalue weighted by atomic mass is 9.76. The Morgan fingerprint density at radius 3 is 2.46 bits per heavy atom. The monoisotopic (exact) mass is 387 g/mol. The van der Waals surface area contributed by atoms with Gasteiger partial charge in [0.15, 0.2) is 11.8 Å². The SMILES string of the molecule is CCOC(=O)C1=NOC(c2ccc(B3OC(C)(CC)C(C)(C(C)C)O3)cc2)C1. The Morgan fingerprint density at radius 1 is 1.25 bits per heavy atom. The molecule has 0 saturated carbocycles. The second kappa shape index (κ2) is 7.87. The Morgan fingerprint density at radius 2 is 1.93 bits per heavy atom. The zero-order chi connectivity index (χ0) is 20.5. The zero-order valence-corrected chi connectivity index (χ0v) is 17.7. The van der Waals surface area contributed by atoms with Gasteiger partial charge in [-0.05, 0) is 44.1 Å². The van der Waals surface area contributed by atoms with E-state index in [-0.39, 0.29) is 17.3 Å². The number of nitrogens with zero attached hydrogens (tertiary/aromatic N) is 1. The Hall–Kier alpha value is -1.86. The van der Waals surface area contributed by atoms with Crippen LogP contribution in [0.4, 0.5) is 0 Å². The van der Waals surface area contributed by atoms with Crippen LogP contribution >= 0.6 is 0 Å². The van der Waals surface area contributed by atoms with Crippen LogP contribution in [0.3, 0.4) is 0 Å². The summed E-state index contributed by atoms with van der Waals surface area (Å²) < 4.78 is 17.8. The van der Waals surface area contributed by atoms with Crippen LogP contribution in [0.15, 0.2) is 29.4 Å². The number of hydrogen-bond acceptors (Lipinski definition) is 6. The van der Waals surface area contributed by atoms with E-state index in [1.54, 1.807) is 6.92 Å². The molecule has 1 aromatic carbocycles. The molecule has 3 unspecified atom stereocenters. The second-order valence-electron chi connectivity index (χ2n) is 8.14. The number of esters is 1. The standard InChI is InChI=1S/C21H30BNO5/c1-7-20(5)21(6,14(3)4)28-22(27-20)16-11-9-15(10-12-16)18-13-17(23-26-18)19(24)25-8-2/h9-12,14,18H,7-8,13H2,1-6H3. The van der Waals surface area contributed by atoms with Crippen molar-refractivity contribution in [2.45, 2.75) is 71.7 Å². The maximum absolute atomic E-state index is 11.8. The van der Waals surface area contributed by atoms with Gasteiger partial charge in [0, 0.05) is 6.42 Å². The van der Waals surface area contributed by atoms with Crippen molar-refractivity contribution in [2.75, 3.05) is 6.61 Å². The quantitative estimate of drug-likeness (QED) is 0.553. The van der Waals surface area contributed by atoms with Crippen molar-refractivity contribution in [2.24, 2.45) is 11.1 Å². The van der Waals surface area contributed by atoms with Crippen LogP contribution in [0.5, 0.6) is 0 Å². The molecular formula is C21H30BNO5. The van der Waals surface area contributed by atoms with E-state index in [0.29, 0.717) is 24.7 Å². The minimum absolute atomic E-state index is 0.277. The average Bonchev–Trinajstić information content (AvgIpc) is 3.27. The zero-order valence-electron chi connectivity index (χ0n) is 17.7. The third-order valence-corrected chi connectivity index (χ3v) is 6.31. The fourth-order valence-electron chi connectivity index (χ4n) is 3.80. The first kappa shape index (κ1) is 20.9. The van der Waals surface area contributed by atoms with E-state index in [4.69, 9.17) is 18.9 Å². The number of carbonyl (C=O) groups is 1. The summed E-state index contributed by atoms with van der Waals surface area (Å²) in [6.45, 7) is 12.8. The molecule has 0 spiro atoms. The molecule has 3 atom stereocenters. The predicted octanol–water partition coefficient (Wildman–Crippen LogP) is 3.39. The smallest absolute Gasteiger partial charge is 0.461 e. The van der Waals surface area contributed by atoms with Crippen LogP contribution in [-0.2, 0) is 23.7 Å². The fraction of sp³-hybridized carbons (Fsp3) is 0.619. The van der Waals surface area contributed by atoms with Crippen molar-refractivity contribution in [3.8, 4) is 0 Å². The lowest BCUT2D eigenvalue weighted by Gasteiger charge is -2.41. The van der Waals surface area contributed by atoms with Gasteiger partial charge in [-0.1, -0.05) is 50.2 Å². The van der Waals surface area contributed by atoms with Crippen LogP contribution in [0, 0.1) is 5.92 Å². The molecule has 2 aliphatic rings. The molecule has 2 aliphatic heterocycles. The topological polar surface area (TPSA) is 66.4 Å². The van der Waals surface area contributed by atoms with Gasteiger partial charge in [0.05, 0.1) is 17.8 Å². The molecule has 1 saturated heterocycles. The van der Waals surface area contributed by atoms with E-state index in [1.807, 2.05) is 24.3 Å². The molecule has 0 radical (unpaired) electrons. The van der Waals surface area contributed by atoms with Crippen molar-refractivity contribution in [1.82, 2.24) is 0 Å². The van der Waals surface area contributed by atoms with Gasteiger partial charge < -0.3 is 18.9 Å². The summed E-state index contributed by atoms with van der Waals surface area (Å²) in [5.74, 6) is -0.0896. The lowest BCUT2D eigenvalue weighted by Crippen LogP contribution is -2.50. The number of rotatable bonds is 6. The van der Waals surface area contributed by atoms with Crippen molar-refractivity contribution in [3.63, 3.8) is 0 Å². The van der Waals surface area contributed by atoms with Gasteiger partial charge in [-0.15, -0.1) is 0 Å². The maximum Gasteiger partial charge on any atom is 0.494 e. The average molecular weight is 387 g/mol. The highest BCUT2D eigenvalue weighted by atomic mass is 16.7. The molecule has 0 aromatic heterocycles. The van der Waals surface area contributed by atoms with Gasteiger partial charge in [0.2, 0.25) is 0 Å². The van der Waals surface area contributed by atoms with Crippen molar-refractivity contribution in [3.05, 3.63) is 29.8 Å². The Labute approximate surface area is 167 Å². The summed E-state index contributed by atoms with van der Waals surface area (Å²) in [5, 5.41) is 3.87. The minimum Gasteiger partial charge on any atom is -0.461 e. The van der Waals surface area contributed by atoms with E-state index in [9.17, 15) is 4.79 Å². The first-order valence-electron chi connectivity index (χ1n) is 10.1. The van der Waals surface area contributed by atoms with E-state index in [2.05, 4.69) is 39.8 Å². The molecule has 152 valence electrons. The van der Waals surface area contributed by atoms with Gasteiger partial charge in [0.1, 0.15) is 0 Å². The first-order chi connectivity index (χ1) is 13.2. The Balaban J connectivity index is 1.70. The van der Waals surface area contributed by atoms with Gasteiger partial charge >= 0.3 is 13.1 Å². The molecule has 6 nitrogen and oxygen atoms in total. The highest BCUT2D eigenvalue weighted by Gasteiger charge is 2.57. The van der Waals surface area contributed by atoms with Gasteiger partial charge in [-0.3, -0.25) is 0 Å². The summed E-state index contributed by atoms with van der Waals surface area (Å²) in [7, 11) is -0.401. The van der Waals surface area contributed by atoms with Crippen molar-refractivity contribution >= 4 is 24.3 Å². The number of hydrogen-bond donors (Lipinski definition) is 0. The molecule has 1 aromatic rings. The summed E-state index contributed by atoms with van der Waals surface area (Å²) in [5.41, 5.74) is 1.54. The highest BCUT2D eigenvalue weighted by Crippen LogP contribution is 2.44. The molecule has 0 bridgehead atoms. The Kier molecular flexibility index (Phi) is 5.87. The van der Waals surface area contributed by atoms with E-state index >= 15 is 0 Å². The third-order valence-electron chi connectivity index (χ3n) is 6.31. The fourth-order valence-corrected chi connectivity index (χ4v) is 3.80. The predicted molar refractivity (Wildman–Crippen MR) is 108 cm³/mol. The highest BCUT2D eigenvalue weighted by molar-refractivity contribution is 6.62. The summed E-state index contributed by atoms with van der Waals surface area (Å²) in [6.07, 6.45) is 1.01. The molecule has 0 amide bonds. The first-order valence-corrected chi connectivity index (χ1v) is 10.1. The van der Waals surface area contributed by atoms with Crippen molar-refractivity contribution in [1.29, 1.82) is 0 Å². The largest absolute Gasteiger partial charge is 0.494 e. The maximum atomic E-state index is 11.8. The van der Waals surface area contributed by atoms with Crippen LogP contribution in [-0.4, -0.2) is 36.6 Å². The molecule has 28 heavy (non-hydrogen) atoms. The molecule has 7 heteroatoms. The summed E-state index contributed by atoms with van der Waals surface area (Å²) in [6, 6.07) is 7.94. The van der Waals surface area contributed by atoms with Crippen LogP contribution < -0.4 is 5.46 Å². The molecule has 0 aliphatic carbocycles. The number of ether oxygens (including phenoxy) is 1. The molecule has 3 rings (SSSR count).